The number of hydrogen-bond donors (Lipinski definition) is 2. The van der Waals surface area contributed by atoms with Crippen LogP contribution in [0.25, 0.3) is 22.2 Å². The molecule has 0 fully saturated rings. The molecule has 2 aromatic heterocycles. The summed E-state index contributed by atoms with van der Waals surface area (Å²) in [6.45, 7) is 0.721. The fourth-order valence-corrected chi connectivity index (χ4v) is 3.07. The second-order valence-corrected chi connectivity index (χ2v) is 6.17. The number of pyridine rings is 1. The Hall–Kier alpha value is -3.54. The lowest BCUT2D eigenvalue weighted by Crippen LogP contribution is -2.10. The van der Waals surface area contributed by atoms with Crippen LogP contribution in [-0.2, 0) is 6.42 Å². The summed E-state index contributed by atoms with van der Waals surface area (Å²) in [4.78, 5) is 19.8. The number of aromatic amines is 1. The zero-order valence-electron chi connectivity index (χ0n) is 14.9. The van der Waals surface area contributed by atoms with Gasteiger partial charge in [-0.3, -0.25) is 4.79 Å². The summed E-state index contributed by atoms with van der Waals surface area (Å²) in [5.41, 5.74) is 2.56. The van der Waals surface area contributed by atoms with Crippen LogP contribution in [0.3, 0.4) is 0 Å². The summed E-state index contributed by atoms with van der Waals surface area (Å²) in [6, 6.07) is 15.3. The van der Waals surface area contributed by atoms with Gasteiger partial charge in [-0.1, -0.05) is 30.3 Å². The zero-order valence-corrected chi connectivity index (χ0v) is 14.9. The van der Waals surface area contributed by atoms with Crippen LogP contribution in [0.15, 0.2) is 70.3 Å². The Labute approximate surface area is 155 Å². The first-order valence-corrected chi connectivity index (χ1v) is 8.66. The minimum Gasteiger partial charge on any atom is -0.496 e. The molecule has 0 saturated carbocycles. The summed E-state index contributed by atoms with van der Waals surface area (Å²) in [7, 11) is 1.58. The van der Waals surface area contributed by atoms with Crippen molar-refractivity contribution >= 4 is 16.7 Å². The standard InChI is InChI=1S/C21H19N3O3/c1-26-19-10-17-15(9-16(19)20-12-22-13-27-20)18(25)11-21(24-17)23-8-7-14-5-3-2-4-6-14/h2-6,9-13H,7-8H2,1H3,(H2,23,24,25). The van der Waals surface area contributed by atoms with Crippen molar-refractivity contribution in [1.82, 2.24) is 9.97 Å². The van der Waals surface area contributed by atoms with Crippen molar-refractivity contribution < 1.29 is 9.15 Å². The average molecular weight is 361 g/mol. The molecule has 0 amide bonds. The van der Waals surface area contributed by atoms with Crippen LogP contribution in [-0.4, -0.2) is 23.6 Å². The molecule has 4 rings (SSSR count). The molecule has 6 heteroatoms. The smallest absolute Gasteiger partial charge is 0.191 e. The maximum Gasteiger partial charge on any atom is 0.191 e. The number of nitrogens with one attached hydrogen (secondary N) is 2. The van der Waals surface area contributed by atoms with E-state index in [0.29, 0.717) is 33.8 Å². The first-order valence-electron chi connectivity index (χ1n) is 8.66. The molecule has 27 heavy (non-hydrogen) atoms. The Bertz CT molecular complexity index is 1100. The van der Waals surface area contributed by atoms with Crippen molar-refractivity contribution in [3.8, 4) is 17.1 Å². The van der Waals surface area contributed by atoms with Gasteiger partial charge in [0, 0.05) is 24.1 Å². The van der Waals surface area contributed by atoms with Gasteiger partial charge < -0.3 is 19.5 Å². The maximum atomic E-state index is 12.6. The molecule has 0 aliphatic heterocycles. The molecule has 0 bridgehead atoms. The molecule has 2 heterocycles. The number of fused-ring (bicyclic) bond motifs is 1. The molecule has 0 spiro atoms. The van der Waals surface area contributed by atoms with Gasteiger partial charge in [0.15, 0.2) is 17.6 Å². The van der Waals surface area contributed by atoms with Crippen LogP contribution in [0.4, 0.5) is 5.82 Å². The van der Waals surface area contributed by atoms with Gasteiger partial charge in [0.2, 0.25) is 0 Å². The summed E-state index contributed by atoms with van der Waals surface area (Å²) in [5, 5.41) is 3.85. The van der Waals surface area contributed by atoms with Crippen LogP contribution in [0.5, 0.6) is 5.75 Å². The molecule has 0 saturated heterocycles. The Balaban J connectivity index is 1.63. The number of rotatable bonds is 6. The van der Waals surface area contributed by atoms with Crippen LogP contribution in [0.2, 0.25) is 0 Å². The van der Waals surface area contributed by atoms with E-state index in [1.165, 1.54) is 12.0 Å². The highest BCUT2D eigenvalue weighted by molar-refractivity contribution is 5.88. The van der Waals surface area contributed by atoms with Crippen molar-refractivity contribution in [2.24, 2.45) is 0 Å². The van der Waals surface area contributed by atoms with Crippen LogP contribution < -0.4 is 15.5 Å². The molecule has 0 unspecified atom stereocenters. The quantitative estimate of drug-likeness (QED) is 0.545. The number of methoxy groups -OCH3 is 1. The lowest BCUT2D eigenvalue weighted by Gasteiger charge is -2.11. The highest BCUT2D eigenvalue weighted by atomic mass is 16.5. The molecule has 0 aliphatic carbocycles. The van der Waals surface area contributed by atoms with Crippen molar-refractivity contribution in [2.45, 2.75) is 6.42 Å². The van der Waals surface area contributed by atoms with E-state index in [1.54, 1.807) is 31.5 Å². The average Bonchev–Trinajstić information content (AvgIpc) is 3.22. The first-order chi connectivity index (χ1) is 13.2. The number of hydrogen-bond acceptors (Lipinski definition) is 5. The van der Waals surface area contributed by atoms with Crippen LogP contribution in [0, 0.1) is 0 Å². The van der Waals surface area contributed by atoms with Crippen molar-refractivity contribution in [3.63, 3.8) is 0 Å². The molecule has 0 radical (unpaired) electrons. The second-order valence-electron chi connectivity index (χ2n) is 6.17. The molecule has 4 aromatic rings. The van der Waals surface area contributed by atoms with Crippen molar-refractivity contribution in [2.75, 3.05) is 19.0 Å². The Kier molecular flexibility index (Phi) is 4.61. The molecule has 136 valence electrons. The number of anilines is 1. The topological polar surface area (TPSA) is 80.1 Å². The molecule has 6 nitrogen and oxygen atoms in total. The maximum absolute atomic E-state index is 12.6. The summed E-state index contributed by atoms with van der Waals surface area (Å²) < 4.78 is 10.8. The van der Waals surface area contributed by atoms with E-state index in [2.05, 4.69) is 27.4 Å². The third kappa shape index (κ3) is 3.55. The number of aromatic nitrogens is 2. The molecule has 2 aromatic carbocycles. The zero-order chi connectivity index (χ0) is 18.6. The van der Waals surface area contributed by atoms with Gasteiger partial charge in [-0.2, -0.15) is 0 Å². The predicted molar refractivity (Wildman–Crippen MR) is 105 cm³/mol. The number of ether oxygens (including phenoxy) is 1. The van der Waals surface area contributed by atoms with Gasteiger partial charge >= 0.3 is 0 Å². The molecule has 0 atom stereocenters. The number of oxazole rings is 1. The highest BCUT2D eigenvalue weighted by Gasteiger charge is 2.13. The number of nitrogens with zero attached hydrogens (tertiary/aromatic N) is 1. The fraction of sp³-hybridized carbons (Fsp3) is 0.143. The molecular weight excluding hydrogens is 342 g/mol. The Morgan fingerprint density at radius 3 is 2.78 bits per heavy atom. The van der Waals surface area contributed by atoms with E-state index in [1.807, 2.05) is 18.2 Å². The van der Waals surface area contributed by atoms with Crippen LogP contribution >= 0.6 is 0 Å². The molecular formula is C21H19N3O3. The van der Waals surface area contributed by atoms with E-state index in [0.717, 1.165) is 13.0 Å². The summed E-state index contributed by atoms with van der Waals surface area (Å²) in [5.74, 6) is 1.84. The largest absolute Gasteiger partial charge is 0.496 e. The van der Waals surface area contributed by atoms with E-state index >= 15 is 0 Å². The minimum absolute atomic E-state index is 0.0746. The normalized spacial score (nSPS) is 10.9. The van der Waals surface area contributed by atoms with Gasteiger partial charge in [0.25, 0.3) is 0 Å². The third-order valence-corrected chi connectivity index (χ3v) is 4.42. The summed E-state index contributed by atoms with van der Waals surface area (Å²) >= 11 is 0. The van der Waals surface area contributed by atoms with Crippen LogP contribution in [0.1, 0.15) is 5.56 Å². The van der Waals surface area contributed by atoms with E-state index < -0.39 is 0 Å². The SMILES string of the molecule is COc1cc2[nH]c(NCCc3ccccc3)cc(=O)c2cc1-c1cnco1. The van der Waals surface area contributed by atoms with Crippen molar-refractivity contribution in [3.05, 3.63) is 76.9 Å². The fourth-order valence-electron chi connectivity index (χ4n) is 3.07. The molecule has 2 N–H and O–H groups in total. The lowest BCUT2D eigenvalue weighted by molar-refractivity contribution is 0.415. The van der Waals surface area contributed by atoms with Gasteiger partial charge in [-0.25, -0.2) is 4.98 Å². The Morgan fingerprint density at radius 1 is 1.19 bits per heavy atom. The summed E-state index contributed by atoms with van der Waals surface area (Å²) in [6.07, 6.45) is 3.81. The van der Waals surface area contributed by atoms with Gasteiger partial charge in [0.1, 0.15) is 11.6 Å². The lowest BCUT2D eigenvalue weighted by atomic mass is 10.1. The molecule has 0 aliphatic rings. The van der Waals surface area contributed by atoms with E-state index in [4.69, 9.17) is 9.15 Å². The van der Waals surface area contributed by atoms with Crippen molar-refractivity contribution in [1.29, 1.82) is 0 Å². The third-order valence-electron chi connectivity index (χ3n) is 4.42. The van der Waals surface area contributed by atoms with Gasteiger partial charge in [0.05, 0.1) is 24.4 Å². The van der Waals surface area contributed by atoms with Gasteiger partial charge in [-0.05, 0) is 18.1 Å². The monoisotopic (exact) mass is 361 g/mol. The highest BCUT2D eigenvalue weighted by Crippen LogP contribution is 2.32. The van der Waals surface area contributed by atoms with E-state index in [-0.39, 0.29) is 5.43 Å². The Morgan fingerprint density at radius 2 is 2.04 bits per heavy atom. The number of benzene rings is 2. The number of H-pyrrole nitrogens is 1. The minimum atomic E-state index is -0.0746. The predicted octanol–water partition coefficient (Wildman–Crippen LogP) is 3.85. The van der Waals surface area contributed by atoms with Gasteiger partial charge in [-0.15, -0.1) is 0 Å². The first kappa shape index (κ1) is 16.9. The van der Waals surface area contributed by atoms with E-state index in [9.17, 15) is 4.79 Å². The second kappa shape index (κ2) is 7.37.